The van der Waals surface area contributed by atoms with Gasteiger partial charge in [0.25, 0.3) is 0 Å². The lowest BCUT2D eigenvalue weighted by molar-refractivity contribution is -0.121. The summed E-state index contributed by atoms with van der Waals surface area (Å²) in [5, 5.41) is 7.64. The predicted octanol–water partition coefficient (Wildman–Crippen LogP) is 3.75. The SMILES string of the molecule is COc1ccccc1CCC(=O)NCc1c(C)nn(-c2ccccc2)c1C. The fraction of sp³-hybridized carbons (Fsp3) is 0.273. The zero-order valence-electron chi connectivity index (χ0n) is 16.0. The van der Waals surface area contributed by atoms with Crippen molar-refractivity contribution in [2.24, 2.45) is 0 Å². The van der Waals surface area contributed by atoms with Crippen LogP contribution >= 0.6 is 0 Å². The second kappa shape index (κ2) is 8.54. The van der Waals surface area contributed by atoms with Crippen LogP contribution in [0.15, 0.2) is 54.6 Å². The smallest absolute Gasteiger partial charge is 0.220 e. The van der Waals surface area contributed by atoms with E-state index in [-0.39, 0.29) is 5.91 Å². The molecule has 2 aromatic carbocycles. The summed E-state index contributed by atoms with van der Waals surface area (Å²) in [6.07, 6.45) is 1.07. The minimum absolute atomic E-state index is 0.0205. The van der Waals surface area contributed by atoms with Crippen LogP contribution in [-0.2, 0) is 17.8 Å². The minimum Gasteiger partial charge on any atom is -0.496 e. The third-order valence-electron chi connectivity index (χ3n) is 4.72. The molecule has 5 nitrogen and oxygen atoms in total. The number of rotatable bonds is 7. The molecule has 140 valence electrons. The Morgan fingerprint density at radius 1 is 1.07 bits per heavy atom. The third-order valence-corrected chi connectivity index (χ3v) is 4.72. The van der Waals surface area contributed by atoms with Crippen molar-refractivity contribution in [2.75, 3.05) is 7.11 Å². The maximum atomic E-state index is 12.3. The molecular formula is C22H25N3O2. The summed E-state index contributed by atoms with van der Waals surface area (Å²) in [5.74, 6) is 0.841. The number of methoxy groups -OCH3 is 1. The number of aryl methyl sites for hydroxylation is 2. The van der Waals surface area contributed by atoms with Gasteiger partial charge >= 0.3 is 0 Å². The number of hydrogen-bond donors (Lipinski definition) is 1. The van der Waals surface area contributed by atoms with Crippen LogP contribution in [0.5, 0.6) is 5.75 Å². The topological polar surface area (TPSA) is 56.1 Å². The fourth-order valence-electron chi connectivity index (χ4n) is 3.18. The van der Waals surface area contributed by atoms with E-state index in [1.165, 1.54) is 0 Å². The number of nitrogens with one attached hydrogen (secondary N) is 1. The zero-order chi connectivity index (χ0) is 19.2. The quantitative estimate of drug-likeness (QED) is 0.696. The van der Waals surface area contributed by atoms with Crippen LogP contribution in [0.3, 0.4) is 0 Å². The Balaban J connectivity index is 1.62. The zero-order valence-corrected chi connectivity index (χ0v) is 16.0. The molecule has 5 heteroatoms. The Morgan fingerprint density at radius 2 is 1.78 bits per heavy atom. The van der Waals surface area contributed by atoms with Gasteiger partial charge < -0.3 is 10.1 Å². The van der Waals surface area contributed by atoms with Crippen LogP contribution in [0, 0.1) is 13.8 Å². The molecule has 0 unspecified atom stereocenters. The second-order valence-corrected chi connectivity index (χ2v) is 6.49. The van der Waals surface area contributed by atoms with Crippen LogP contribution in [0.2, 0.25) is 0 Å². The highest BCUT2D eigenvalue weighted by molar-refractivity contribution is 5.76. The van der Waals surface area contributed by atoms with E-state index in [9.17, 15) is 4.79 Å². The van der Waals surface area contributed by atoms with Crippen molar-refractivity contribution >= 4 is 5.91 Å². The molecule has 0 aliphatic carbocycles. The normalized spacial score (nSPS) is 10.6. The van der Waals surface area contributed by atoms with Gasteiger partial charge in [-0.15, -0.1) is 0 Å². The first-order valence-corrected chi connectivity index (χ1v) is 9.09. The van der Waals surface area contributed by atoms with E-state index >= 15 is 0 Å². The van der Waals surface area contributed by atoms with Gasteiger partial charge in [-0.2, -0.15) is 5.10 Å². The molecule has 3 aromatic rings. The van der Waals surface area contributed by atoms with Crippen LogP contribution in [0.1, 0.15) is 28.9 Å². The highest BCUT2D eigenvalue weighted by Crippen LogP contribution is 2.19. The minimum atomic E-state index is 0.0205. The van der Waals surface area contributed by atoms with Crippen molar-refractivity contribution in [3.05, 3.63) is 77.1 Å². The Kier molecular flexibility index (Phi) is 5.91. The van der Waals surface area contributed by atoms with Gasteiger partial charge in [-0.05, 0) is 44.0 Å². The maximum Gasteiger partial charge on any atom is 0.220 e. The molecule has 0 fully saturated rings. The largest absolute Gasteiger partial charge is 0.496 e. The van der Waals surface area contributed by atoms with E-state index < -0.39 is 0 Å². The number of carbonyl (C=O) groups is 1. The van der Waals surface area contributed by atoms with Gasteiger partial charge in [0.2, 0.25) is 5.91 Å². The summed E-state index contributed by atoms with van der Waals surface area (Å²) in [6, 6.07) is 17.8. The van der Waals surface area contributed by atoms with E-state index in [0.717, 1.165) is 34.0 Å². The molecule has 1 aromatic heterocycles. The highest BCUT2D eigenvalue weighted by Gasteiger charge is 2.14. The number of para-hydroxylation sites is 2. The number of aromatic nitrogens is 2. The fourth-order valence-corrected chi connectivity index (χ4v) is 3.18. The number of hydrogen-bond acceptors (Lipinski definition) is 3. The molecule has 0 saturated carbocycles. The molecule has 0 saturated heterocycles. The van der Waals surface area contributed by atoms with Gasteiger partial charge in [0.15, 0.2) is 0 Å². The second-order valence-electron chi connectivity index (χ2n) is 6.49. The summed E-state index contributed by atoms with van der Waals surface area (Å²) < 4.78 is 7.26. The molecule has 1 N–H and O–H groups in total. The first-order chi connectivity index (χ1) is 13.1. The number of ether oxygens (including phenoxy) is 1. The number of amides is 1. The van der Waals surface area contributed by atoms with Crippen LogP contribution in [0.25, 0.3) is 5.69 Å². The summed E-state index contributed by atoms with van der Waals surface area (Å²) in [4.78, 5) is 12.3. The van der Waals surface area contributed by atoms with Gasteiger partial charge in [-0.25, -0.2) is 4.68 Å². The predicted molar refractivity (Wildman–Crippen MR) is 106 cm³/mol. The lowest BCUT2D eigenvalue weighted by Crippen LogP contribution is -2.23. The third kappa shape index (κ3) is 4.37. The highest BCUT2D eigenvalue weighted by atomic mass is 16.5. The summed E-state index contributed by atoms with van der Waals surface area (Å²) in [6.45, 7) is 4.49. The van der Waals surface area contributed by atoms with Crippen LogP contribution in [0.4, 0.5) is 0 Å². The standard InChI is InChI=1S/C22H25N3O2/c1-16-20(17(2)25(24-16)19-10-5-4-6-11-19)15-23-22(26)14-13-18-9-7-8-12-21(18)27-3/h4-12H,13-15H2,1-3H3,(H,23,26). The molecule has 0 aliphatic heterocycles. The van der Waals surface area contributed by atoms with E-state index in [2.05, 4.69) is 10.4 Å². The van der Waals surface area contributed by atoms with Crippen molar-refractivity contribution < 1.29 is 9.53 Å². The monoisotopic (exact) mass is 363 g/mol. The Bertz CT molecular complexity index is 917. The molecule has 1 heterocycles. The van der Waals surface area contributed by atoms with Gasteiger partial charge in [0, 0.05) is 24.2 Å². The Hall–Kier alpha value is -3.08. The van der Waals surface area contributed by atoms with E-state index in [1.54, 1.807) is 7.11 Å². The van der Waals surface area contributed by atoms with E-state index in [1.807, 2.05) is 73.1 Å². The molecule has 0 aliphatic rings. The number of benzene rings is 2. The van der Waals surface area contributed by atoms with Gasteiger partial charge in [-0.3, -0.25) is 4.79 Å². The van der Waals surface area contributed by atoms with Crippen molar-refractivity contribution in [3.63, 3.8) is 0 Å². The molecule has 0 spiro atoms. The number of carbonyl (C=O) groups excluding carboxylic acids is 1. The first-order valence-electron chi connectivity index (χ1n) is 9.09. The number of nitrogens with zero attached hydrogens (tertiary/aromatic N) is 2. The summed E-state index contributed by atoms with van der Waals surface area (Å²) in [5.41, 5.74) is 5.10. The van der Waals surface area contributed by atoms with Gasteiger partial charge in [0.1, 0.15) is 5.75 Å². The van der Waals surface area contributed by atoms with E-state index in [4.69, 9.17) is 4.74 Å². The Morgan fingerprint density at radius 3 is 2.52 bits per heavy atom. The van der Waals surface area contributed by atoms with Crippen molar-refractivity contribution in [3.8, 4) is 11.4 Å². The summed E-state index contributed by atoms with van der Waals surface area (Å²) in [7, 11) is 1.65. The Labute approximate surface area is 160 Å². The lowest BCUT2D eigenvalue weighted by atomic mass is 10.1. The first kappa shape index (κ1) is 18.7. The van der Waals surface area contributed by atoms with Gasteiger partial charge in [0.05, 0.1) is 18.5 Å². The van der Waals surface area contributed by atoms with Crippen LogP contribution in [-0.4, -0.2) is 22.8 Å². The average Bonchev–Trinajstić information content (AvgIpc) is 2.99. The molecule has 0 radical (unpaired) electrons. The molecule has 1 amide bonds. The molecule has 0 bridgehead atoms. The molecular weight excluding hydrogens is 338 g/mol. The van der Waals surface area contributed by atoms with Crippen molar-refractivity contribution in [1.82, 2.24) is 15.1 Å². The van der Waals surface area contributed by atoms with E-state index in [0.29, 0.717) is 19.4 Å². The molecule has 27 heavy (non-hydrogen) atoms. The van der Waals surface area contributed by atoms with Gasteiger partial charge in [-0.1, -0.05) is 36.4 Å². The molecule has 3 rings (SSSR count). The maximum absolute atomic E-state index is 12.3. The lowest BCUT2D eigenvalue weighted by Gasteiger charge is -2.09. The van der Waals surface area contributed by atoms with Crippen molar-refractivity contribution in [1.29, 1.82) is 0 Å². The summed E-state index contributed by atoms with van der Waals surface area (Å²) >= 11 is 0. The van der Waals surface area contributed by atoms with Crippen molar-refractivity contribution in [2.45, 2.75) is 33.2 Å². The molecule has 0 atom stereocenters. The average molecular weight is 363 g/mol. The van der Waals surface area contributed by atoms with Crippen LogP contribution < -0.4 is 10.1 Å².